The van der Waals surface area contributed by atoms with E-state index >= 15 is 0 Å². The van der Waals surface area contributed by atoms with Gasteiger partial charge in [0.15, 0.2) is 0 Å². The van der Waals surface area contributed by atoms with Crippen molar-refractivity contribution >= 4 is 15.9 Å². The van der Waals surface area contributed by atoms with Crippen LogP contribution in [0.4, 0.5) is 0 Å². The van der Waals surface area contributed by atoms with Gasteiger partial charge in [-0.25, -0.2) is 8.42 Å². The number of nitrogens with zero attached hydrogens (tertiary/aromatic N) is 1. The molecule has 2 bridgehead atoms. The summed E-state index contributed by atoms with van der Waals surface area (Å²) in [7, 11) is -3.54. The number of rotatable bonds is 4. The van der Waals surface area contributed by atoms with E-state index in [2.05, 4.69) is 26.1 Å². The molecular weight excluding hydrogens is 376 g/mol. The highest BCUT2D eigenvalue weighted by Crippen LogP contribution is 2.65. The monoisotopic (exact) mass is 406 g/mol. The van der Waals surface area contributed by atoms with Crippen molar-refractivity contribution in [3.63, 3.8) is 0 Å². The lowest BCUT2D eigenvalue weighted by Gasteiger charge is -2.39. The Morgan fingerprint density at radius 3 is 2.32 bits per heavy atom. The molecule has 0 aromatic heterocycles. The van der Waals surface area contributed by atoms with Gasteiger partial charge in [-0.1, -0.05) is 20.8 Å². The van der Waals surface area contributed by atoms with Crippen LogP contribution in [0.25, 0.3) is 0 Å². The highest BCUT2D eigenvalue weighted by Gasteiger charge is 2.61. The Kier molecular flexibility index (Phi) is 4.83. The van der Waals surface area contributed by atoms with Crippen molar-refractivity contribution in [3.8, 4) is 0 Å². The smallest absolute Gasteiger partial charge is 0.251 e. The van der Waals surface area contributed by atoms with Gasteiger partial charge >= 0.3 is 0 Å². The Morgan fingerprint density at radius 2 is 1.79 bits per heavy atom. The average Bonchev–Trinajstić information content (AvgIpc) is 3.02. The Morgan fingerprint density at radius 1 is 1.14 bits per heavy atom. The second-order valence-electron chi connectivity index (χ2n) is 9.18. The molecule has 1 aromatic carbocycles. The van der Waals surface area contributed by atoms with Crippen molar-refractivity contribution in [1.82, 2.24) is 9.62 Å². The van der Waals surface area contributed by atoms with Crippen LogP contribution in [-0.2, 0) is 14.8 Å². The molecule has 0 radical (unpaired) electrons. The van der Waals surface area contributed by atoms with E-state index in [0.717, 1.165) is 12.8 Å². The van der Waals surface area contributed by atoms with Gasteiger partial charge in [0.1, 0.15) is 0 Å². The summed E-state index contributed by atoms with van der Waals surface area (Å²) in [5, 5.41) is 3.23. The number of morpholine rings is 1. The number of hydrogen-bond donors (Lipinski definition) is 1. The molecular formula is C21H30N2O4S. The number of sulfonamides is 1. The van der Waals surface area contributed by atoms with Gasteiger partial charge in [0.25, 0.3) is 5.91 Å². The third kappa shape index (κ3) is 2.99. The zero-order chi connectivity index (χ0) is 20.2. The van der Waals surface area contributed by atoms with Gasteiger partial charge in [0, 0.05) is 24.7 Å². The minimum Gasteiger partial charge on any atom is -0.379 e. The lowest BCUT2D eigenvalue weighted by molar-refractivity contribution is 0.0730. The first kappa shape index (κ1) is 19.9. The summed E-state index contributed by atoms with van der Waals surface area (Å²) < 4.78 is 32.1. The molecule has 1 heterocycles. The van der Waals surface area contributed by atoms with Crippen LogP contribution in [0.5, 0.6) is 0 Å². The van der Waals surface area contributed by atoms with Crippen LogP contribution in [0.3, 0.4) is 0 Å². The minimum absolute atomic E-state index is 0.118. The molecule has 2 aliphatic carbocycles. The third-order valence-corrected chi connectivity index (χ3v) is 9.74. The SMILES string of the molecule is CC1(C)C2CCC1(C)C(NC(=O)c1ccc(S(=O)(=O)N3CCOCC3)cc1)C2. The van der Waals surface area contributed by atoms with E-state index in [1.165, 1.54) is 22.9 Å². The van der Waals surface area contributed by atoms with E-state index < -0.39 is 10.0 Å². The van der Waals surface area contributed by atoms with E-state index in [9.17, 15) is 13.2 Å². The van der Waals surface area contributed by atoms with Gasteiger partial charge in [0.05, 0.1) is 18.1 Å². The van der Waals surface area contributed by atoms with Gasteiger partial charge < -0.3 is 10.1 Å². The molecule has 3 fully saturated rings. The van der Waals surface area contributed by atoms with Crippen LogP contribution in [0, 0.1) is 16.7 Å². The zero-order valence-corrected chi connectivity index (χ0v) is 17.7. The number of fused-ring (bicyclic) bond motifs is 2. The normalized spacial score (nSPS) is 32.4. The number of amides is 1. The molecule has 0 spiro atoms. The Labute approximate surface area is 167 Å². The van der Waals surface area contributed by atoms with Crippen LogP contribution >= 0.6 is 0 Å². The molecule has 3 atom stereocenters. The van der Waals surface area contributed by atoms with E-state index in [4.69, 9.17) is 4.74 Å². The van der Waals surface area contributed by atoms with Gasteiger partial charge in [-0.05, 0) is 60.3 Å². The summed E-state index contributed by atoms with van der Waals surface area (Å²) in [5.41, 5.74) is 0.860. The molecule has 154 valence electrons. The number of hydrogen-bond acceptors (Lipinski definition) is 4. The first-order valence-corrected chi connectivity index (χ1v) is 11.6. The van der Waals surface area contributed by atoms with E-state index in [0.29, 0.717) is 37.8 Å². The van der Waals surface area contributed by atoms with Crippen LogP contribution in [0.1, 0.15) is 50.4 Å². The molecule has 1 N–H and O–H groups in total. The summed E-state index contributed by atoms with van der Waals surface area (Å²) in [6.45, 7) is 8.49. The molecule has 2 saturated carbocycles. The van der Waals surface area contributed by atoms with Crippen molar-refractivity contribution in [2.75, 3.05) is 26.3 Å². The molecule has 3 aliphatic rings. The summed E-state index contributed by atoms with van der Waals surface area (Å²) in [6.07, 6.45) is 3.41. The number of benzene rings is 1. The van der Waals surface area contributed by atoms with E-state index in [1.54, 1.807) is 12.1 Å². The predicted octanol–water partition coefficient (Wildman–Crippen LogP) is 2.65. The summed E-state index contributed by atoms with van der Waals surface area (Å²) in [6, 6.07) is 6.47. The van der Waals surface area contributed by atoms with Crippen molar-refractivity contribution in [2.24, 2.45) is 16.7 Å². The fourth-order valence-corrected chi connectivity index (χ4v) is 6.79. The predicted molar refractivity (Wildman–Crippen MR) is 107 cm³/mol. The maximum absolute atomic E-state index is 12.8. The molecule has 1 aromatic rings. The van der Waals surface area contributed by atoms with Crippen molar-refractivity contribution < 1.29 is 17.9 Å². The van der Waals surface area contributed by atoms with E-state index in [-0.39, 0.29) is 27.7 Å². The maximum Gasteiger partial charge on any atom is 0.251 e. The number of ether oxygens (including phenoxy) is 1. The van der Waals surface area contributed by atoms with Crippen molar-refractivity contribution in [1.29, 1.82) is 0 Å². The van der Waals surface area contributed by atoms with Crippen molar-refractivity contribution in [3.05, 3.63) is 29.8 Å². The number of nitrogens with one attached hydrogen (secondary N) is 1. The number of carbonyl (C=O) groups is 1. The molecule has 28 heavy (non-hydrogen) atoms. The van der Waals surface area contributed by atoms with Crippen LogP contribution in [-0.4, -0.2) is 51.0 Å². The summed E-state index contributed by atoms with van der Waals surface area (Å²) >= 11 is 0. The zero-order valence-electron chi connectivity index (χ0n) is 16.9. The van der Waals surface area contributed by atoms with Gasteiger partial charge in [-0.3, -0.25) is 4.79 Å². The highest BCUT2D eigenvalue weighted by molar-refractivity contribution is 7.89. The fourth-order valence-electron chi connectivity index (χ4n) is 5.38. The topological polar surface area (TPSA) is 75.7 Å². The van der Waals surface area contributed by atoms with Crippen LogP contribution < -0.4 is 5.32 Å². The number of carbonyl (C=O) groups excluding carboxylic acids is 1. The molecule has 1 aliphatic heterocycles. The first-order chi connectivity index (χ1) is 13.2. The molecule has 7 heteroatoms. The molecule has 4 rings (SSSR count). The Bertz CT molecular complexity index is 859. The third-order valence-electron chi connectivity index (χ3n) is 7.82. The lowest BCUT2D eigenvalue weighted by atomic mass is 9.69. The lowest BCUT2D eigenvalue weighted by Crippen LogP contribution is -2.46. The first-order valence-electron chi connectivity index (χ1n) is 10.1. The fraction of sp³-hybridized carbons (Fsp3) is 0.667. The molecule has 1 saturated heterocycles. The minimum atomic E-state index is -3.54. The van der Waals surface area contributed by atoms with Crippen molar-refractivity contribution in [2.45, 2.75) is 51.0 Å². The highest BCUT2D eigenvalue weighted by atomic mass is 32.2. The van der Waals surface area contributed by atoms with Gasteiger partial charge in [-0.2, -0.15) is 4.31 Å². The average molecular weight is 407 g/mol. The van der Waals surface area contributed by atoms with E-state index in [1.807, 2.05) is 0 Å². The molecule has 1 amide bonds. The van der Waals surface area contributed by atoms with Gasteiger partial charge in [0.2, 0.25) is 10.0 Å². The quantitative estimate of drug-likeness (QED) is 0.834. The summed E-state index contributed by atoms with van der Waals surface area (Å²) in [4.78, 5) is 13.0. The Hall–Kier alpha value is -1.44. The largest absolute Gasteiger partial charge is 0.379 e. The summed E-state index contributed by atoms with van der Waals surface area (Å²) in [5.74, 6) is 0.536. The molecule has 3 unspecified atom stereocenters. The van der Waals surface area contributed by atoms with Crippen LogP contribution in [0.15, 0.2) is 29.2 Å². The second-order valence-corrected chi connectivity index (χ2v) is 11.1. The second kappa shape index (κ2) is 6.82. The van der Waals surface area contributed by atoms with Gasteiger partial charge in [-0.15, -0.1) is 0 Å². The standard InChI is InChI=1S/C21H30N2O4S/c1-20(2)16-8-9-21(20,3)18(14-16)22-19(24)15-4-6-17(7-5-15)28(25,26)23-10-12-27-13-11-23/h4-7,16,18H,8-14H2,1-3H3,(H,22,24). The van der Waals surface area contributed by atoms with Crippen LogP contribution in [0.2, 0.25) is 0 Å². The Balaban J connectivity index is 1.47. The maximum atomic E-state index is 12.8. The molecule has 6 nitrogen and oxygen atoms in total.